The van der Waals surface area contributed by atoms with E-state index in [1.807, 2.05) is 35.5 Å². The number of aromatic nitrogens is 1. The molecule has 1 aromatic heterocycles. The number of piperidine rings is 1. The van der Waals surface area contributed by atoms with E-state index in [2.05, 4.69) is 16.0 Å². The van der Waals surface area contributed by atoms with Gasteiger partial charge in [0.2, 0.25) is 0 Å². The Kier molecular flexibility index (Phi) is 13.4. The zero-order valence-electron chi connectivity index (χ0n) is 20.7. The zero-order valence-corrected chi connectivity index (χ0v) is 22.3. The van der Waals surface area contributed by atoms with Gasteiger partial charge < -0.3 is 24.7 Å². The van der Waals surface area contributed by atoms with E-state index in [-0.39, 0.29) is 36.2 Å². The number of methoxy groups -OCH3 is 2. The number of hydrogen-bond donors (Lipinski definition) is 0. The van der Waals surface area contributed by atoms with Gasteiger partial charge >= 0.3 is 0 Å². The summed E-state index contributed by atoms with van der Waals surface area (Å²) in [5.74, 6) is 2.16. The van der Waals surface area contributed by atoms with Crippen molar-refractivity contribution >= 4 is 30.7 Å². The van der Waals surface area contributed by atoms with Gasteiger partial charge in [-0.05, 0) is 86.9 Å². The lowest BCUT2D eigenvalue weighted by molar-refractivity contribution is 0.0769. The summed E-state index contributed by atoms with van der Waals surface area (Å²) in [4.78, 5) is 21.7. The number of aryl methyl sites for hydroxylation is 1. The van der Waals surface area contributed by atoms with Crippen molar-refractivity contribution in [3.05, 3.63) is 53.3 Å². The number of benzene rings is 1. The summed E-state index contributed by atoms with van der Waals surface area (Å²) < 4.78 is 10.8. The summed E-state index contributed by atoms with van der Waals surface area (Å²) in [5, 5.41) is 0. The third kappa shape index (κ3) is 7.97. The topological polar surface area (TPSA) is 86.4 Å². The van der Waals surface area contributed by atoms with Crippen LogP contribution in [0.4, 0.5) is 0 Å². The van der Waals surface area contributed by atoms with Crippen LogP contribution in [-0.2, 0) is 13.0 Å². The fraction of sp³-hybridized carbons (Fsp3) is 0.538. The van der Waals surface area contributed by atoms with Crippen LogP contribution in [0.25, 0.3) is 0 Å². The maximum atomic E-state index is 12.9. The number of pyridine rings is 1. The van der Waals surface area contributed by atoms with Crippen molar-refractivity contribution < 1.29 is 19.7 Å². The van der Waals surface area contributed by atoms with Crippen molar-refractivity contribution in [1.82, 2.24) is 14.8 Å². The number of fused-ring (bicyclic) bond motifs is 1. The van der Waals surface area contributed by atoms with Crippen LogP contribution in [0.2, 0.25) is 0 Å². The number of halogens is 2. The van der Waals surface area contributed by atoms with E-state index in [0.717, 1.165) is 43.0 Å². The summed E-state index contributed by atoms with van der Waals surface area (Å²) in [6.45, 7) is 5.05. The average molecular weight is 529 g/mol. The van der Waals surface area contributed by atoms with Gasteiger partial charge in [-0.1, -0.05) is 6.07 Å². The summed E-state index contributed by atoms with van der Waals surface area (Å²) >= 11 is 0. The van der Waals surface area contributed by atoms with E-state index in [1.165, 1.54) is 44.3 Å². The minimum atomic E-state index is 0. The molecule has 3 heterocycles. The number of carbonyl (C=O) groups excluding carboxylic acids is 1. The number of likely N-dealkylation sites (tertiary alicyclic amines) is 1. The summed E-state index contributed by atoms with van der Waals surface area (Å²) in [5.41, 5.74) is 3.11. The monoisotopic (exact) mass is 527 g/mol. The van der Waals surface area contributed by atoms with Gasteiger partial charge in [0.1, 0.15) is 0 Å². The SMILES string of the molecule is COc1cc2c(cc1OC)C(=O)N(CCCC1CCCN(CCCc3cccnc3)C1)C2.Cl.Cl.O. The van der Waals surface area contributed by atoms with Crippen LogP contribution in [0.3, 0.4) is 0 Å². The highest BCUT2D eigenvalue weighted by atomic mass is 35.5. The Hall–Kier alpha value is -2.06. The first-order chi connectivity index (χ1) is 15.7. The van der Waals surface area contributed by atoms with Crippen LogP contribution in [-0.4, -0.2) is 66.6 Å². The van der Waals surface area contributed by atoms with Crippen molar-refractivity contribution in [2.45, 2.75) is 45.1 Å². The first-order valence-electron chi connectivity index (χ1n) is 11.8. The molecular weight excluding hydrogens is 489 g/mol. The van der Waals surface area contributed by atoms with E-state index >= 15 is 0 Å². The Labute approximate surface area is 221 Å². The number of amides is 1. The number of hydrogen-bond acceptors (Lipinski definition) is 5. The second kappa shape index (κ2) is 15.1. The molecule has 0 spiro atoms. The lowest BCUT2D eigenvalue weighted by Crippen LogP contribution is -2.36. The van der Waals surface area contributed by atoms with Gasteiger partial charge in [-0.2, -0.15) is 0 Å². The number of nitrogens with zero attached hydrogens (tertiary/aromatic N) is 3. The van der Waals surface area contributed by atoms with Crippen molar-refractivity contribution in [2.75, 3.05) is 40.4 Å². The van der Waals surface area contributed by atoms with Crippen molar-refractivity contribution in [3.8, 4) is 11.5 Å². The Morgan fingerprint density at radius 3 is 2.57 bits per heavy atom. The molecule has 2 aromatic rings. The first-order valence-corrected chi connectivity index (χ1v) is 11.8. The Bertz CT molecular complexity index is 917. The van der Waals surface area contributed by atoms with Crippen LogP contribution in [0.5, 0.6) is 11.5 Å². The molecule has 196 valence electrons. The summed E-state index contributed by atoms with van der Waals surface area (Å²) in [6.07, 6.45) is 10.9. The van der Waals surface area contributed by atoms with Crippen LogP contribution < -0.4 is 9.47 Å². The molecule has 1 unspecified atom stereocenters. The molecule has 1 atom stereocenters. The van der Waals surface area contributed by atoms with Crippen molar-refractivity contribution in [3.63, 3.8) is 0 Å². The third-order valence-electron chi connectivity index (χ3n) is 6.79. The van der Waals surface area contributed by atoms with Gasteiger partial charge in [-0.3, -0.25) is 9.78 Å². The summed E-state index contributed by atoms with van der Waals surface area (Å²) in [7, 11) is 3.24. The first kappa shape index (κ1) is 31.0. The zero-order chi connectivity index (χ0) is 22.3. The van der Waals surface area contributed by atoms with Crippen LogP contribution in [0.1, 0.15) is 53.6 Å². The van der Waals surface area contributed by atoms with Gasteiger partial charge in [-0.25, -0.2) is 0 Å². The quantitative estimate of drug-likeness (QED) is 0.462. The molecule has 0 bridgehead atoms. The van der Waals surface area contributed by atoms with E-state index in [0.29, 0.717) is 18.0 Å². The van der Waals surface area contributed by atoms with Gasteiger partial charge in [0.25, 0.3) is 5.91 Å². The molecular formula is C26H39Cl2N3O4. The largest absolute Gasteiger partial charge is 0.493 e. The minimum Gasteiger partial charge on any atom is -0.493 e. The van der Waals surface area contributed by atoms with E-state index in [9.17, 15) is 4.79 Å². The van der Waals surface area contributed by atoms with Gasteiger partial charge in [0.05, 0.1) is 14.2 Å². The van der Waals surface area contributed by atoms with Crippen molar-refractivity contribution in [1.29, 1.82) is 0 Å². The van der Waals surface area contributed by atoms with Gasteiger partial charge in [0.15, 0.2) is 11.5 Å². The molecule has 2 aliphatic heterocycles. The molecule has 0 aliphatic carbocycles. The van der Waals surface area contributed by atoms with Crippen molar-refractivity contribution in [2.24, 2.45) is 5.92 Å². The molecule has 0 saturated carbocycles. The summed E-state index contributed by atoms with van der Waals surface area (Å²) in [6, 6.07) is 7.94. The molecule has 1 fully saturated rings. The van der Waals surface area contributed by atoms with Crippen LogP contribution in [0, 0.1) is 5.92 Å². The van der Waals surface area contributed by atoms with E-state index in [1.54, 1.807) is 14.2 Å². The number of rotatable bonds is 10. The number of carbonyl (C=O) groups is 1. The maximum absolute atomic E-state index is 12.9. The molecule has 2 N–H and O–H groups in total. The van der Waals surface area contributed by atoms with Crippen LogP contribution in [0.15, 0.2) is 36.7 Å². The molecule has 4 rings (SSSR count). The lowest BCUT2D eigenvalue weighted by atomic mass is 9.93. The Morgan fingerprint density at radius 1 is 1.09 bits per heavy atom. The normalized spacial score (nSPS) is 17.0. The molecule has 1 amide bonds. The fourth-order valence-corrected chi connectivity index (χ4v) is 5.09. The molecule has 1 aromatic carbocycles. The third-order valence-corrected chi connectivity index (χ3v) is 6.79. The van der Waals surface area contributed by atoms with E-state index < -0.39 is 0 Å². The standard InChI is InChI=1S/C26H35N3O3.2ClH.H2O/c1-31-24-15-22-19-29(26(30)23(22)16-25(24)32-2)14-6-10-21-9-5-13-28(18-21)12-4-8-20-7-3-11-27-17-20;;;/h3,7,11,15-17,21H,4-6,8-10,12-14,18-19H2,1-2H3;2*1H;1H2. The smallest absolute Gasteiger partial charge is 0.254 e. The number of ether oxygens (including phenoxy) is 2. The average Bonchev–Trinajstić information content (AvgIpc) is 3.13. The molecule has 7 nitrogen and oxygen atoms in total. The maximum Gasteiger partial charge on any atom is 0.254 e. The second-order valence-electron chi connectivity index (χ2n) is 9.01. The molecule has 0 radical (unpaired) electrons. The Morgan fingerprint density at radius 2 is 1.86 bits per heavy atom. The van der Waals surface area contributed by atoms with Gasteiger partial charge in [-0.15, -0.1) is 24.8 Å². The highest BCUT2D eigenvalue weighted by Gasteiger charge is 2.29. The minimum absolute atomic E-state index is 0. The Balaban J connectivity index is 0.00000204. The lowest BCUT2D eigenvalue weighted by Gasteiger charge is -2.33. The predicted molar refractivity (Wildman–Crippen MR) is 143 cm³/mol. The molecule has 9 heteroatoms. The highest BCUT2D eigenvalue weighted by molar-refractivity contribution is 5.99. The predicted octanol–water partition coefficient (Wildman–Crippen LogP) is 4.20. The highest BCUT2D eigenvalue weighted by Crippen LogP contribution is 2.35. The van der Waals surface area contributed by atoms with Gasteiger partial charge in [0, 0.05) is 37.6 Å². The van der Waals surface area contributed by atoms with Crippen LogP contribution >= 0.6 is 24.8 Å². The molecule has 1 saturated heterocycles. The van der Waals surface area contributed by atoms with E-state index in [4.69, 9.17) is 9.47 Å². The molecule has 35 heavy (non-hydrogen) atoms. The fourth-order valence-electron chi connectivity index (χ4n) is 5.09. The second-order valence-corrected chi connectivity index (χ2v) is 9.01. The molecule has 2 aliphatic rings.